The predicted octanol–water partition coefficient (Wildman–Crippen LogP) is 2.69. The molecule has 2 aliphatic rings. The van der Waals surface area contributed by atoms with Crippen molar-refractivity contribution in [1.82, 2.24) is 10.2 Å². The number of halogens is 1. The number of likely N-dealkylation sites (N-methyl/N-ethyl adjacent to an activating group) is 1. The first-order valence-electron chi connectivity index (χ1n) is 8.01. The maximum atomic E-state index is 12.9. The van der Waals surface area contributed by atoms with Crippen molar-refractivity contribution in [1.29, 1.82) is 0 Å². The molecule has 1 aliphatic heterocycles. The molecule has 0 spiro atoms. The SMILES string of the molecule is CN(CC=Cc1ccc(F)cc1)[C@H]1C[C@H]2CC(=O)NC[C@H]2C1. The van der Waals surface area contributed by atoms with Gasteiger partial charge in [0.2, 0.25) is 5.91 Å². The molecule has 0 aromatic heterocycles. The van der Waals surface area contributed by atoms with E-state index >= 15 is 0 Å². The average molecular weight is 302 g/mol. The fraction of sp³-hybridized carbons (Fsp3) is 0.500. The van der Waals surface area contributed by atoms with Gasteiger partial charge in [-0.3, -0.25) is 9.69 Å². The van der Waals surface area contributed by atoms with E-state index in [0.29, 0.717) is 24.3 Å². The van der Waals surface area contributed by atoms with Crippen LogP contribution in [0.2, 0.25) is 0 Å². The second-order valence-corrected chi connectivity index (χ2v) is 6.55. The largest absolute Gasteiger partial charge is 0.356 e. The van der Waals surface area contributed by atoms with Crippen LogP contribution in [0.1, 0.15) is 24.8 Å². The van der Waals surface area contributed by atoms with Crippen LogP contribution in [0.15, 0.2) is 30.3 Å². The number of amides is 1. The van der Waals surface area contributed by atoms with Gasteiger partial charge in [-0.15, -0.1) is 0 Å². The molecule has 1 saturated carbocycles. The van der Waals surface area contributed by atoms with Crippen molar-refractivity contribution >= 4 is 12.0 Å². The van der Waals surface area contributed by atoms with E-state index in [1.807, 2.05) is 6.08 Å². The van der Waals surface area contributed by atoms with E-state index in [9.17, 15) is 9.18 Å². The molecule has 0 unspecified atom stereocenters. The Balaban J connectivity index is 1.51. The van der Waals surface area contributed by atoms with Gasteiger partial charge in [0.25, 0.3) is 0 Å². The van der Waals surface area contributed by atoms with Gasteiger partial charge < -0.3 is 5.32 Å². The molecule has 3 nitrogen and oxygen atoms in total. The number of hydrogen-bond donors (Lipinski definition) is 1. The number of piperidine rings is 1. The summed E-state index contributed by atoms with van der Waals surface area (Å²) < 4.78 is 12.9. The van der Waals surface area contributed by atoms with Gasteiger partial charge in [0.15, 0.2) is 0 Å². The highest BCUT2D eigenvalue weighted by Gasteiger charge is 2.39. The fourth-order valence-corrected chi connectivity index (χ4v) is 3.67. The standard InChI is InChI=1S/C18H23FN2O/c1-21(8-2-3-13-4-6-16(19)7-5-13)17-9-14-11-18(22)20-12-15(14)10-17/h2-7,14-15,17H,8-12H2,1H3,(H,20,22)/t14-,15+,17-/m0/s1. The fourth-order valence-electron chi connectivity index (χ4n) is 3.67. The Bertz CT molecular complexity index is 555. The second kappa shape index (κ2) is 6.61. The number of nitrogens with one attached hydrogen (secondary N) is 1. The molecule has 1 heterocycles. The van der Waals surface area contributed by atoms with Crippen LogP contribution in [0.4, 0.5) is 4.39 Å². The average Bonchev–Trinajstić information content (AvgIpc) is 2.92. The minimum atomic E-state index is -0.203. The number of rotatable bonds is 4. The van der Waals surface area contributed by atoms with Crippen LogP contribution in [-0.4, -0.2) is 37.0 Å². The van der Waals surface area contributed by atoms with Crippen LogP contribution in [0.5, 0.6) is 0 Å². The van der Waals surface area contributed by atoms with Crippen LogP contribution in [0, 0.1) is 17.7 Å². The quantitative estimate of drug-likeness (QED) is 0.927. The third kappa shape index (κ3) is 3.55. The smallest absolute Gasteiger partial charge is 0.220 e. The van der Waals surface area contributed by atoms with Crippen molar-refractivity contribution in [2.45, 2.75) is 25.3 Å². The number of carbonyl (C=O) groups is 1. The molecule has 3 rings (SSSR count). The number of nitrogens with zero attached hydrogens (tertiary/aromatic N) is 1. The lowest BCUT2D eigenvalue weighted by molar-refractivity contribution is -0.124. The van der Waals surface area contributed by atoms with E-state index in [-0.39, 0.29) is 11.7 Å². The summed E-state index contributed by atoms with van der Waals surface area (Å²) in [7, 11) is 2.15. The third-order valence-electron chi connectivity index (χ3n) is 5.02. The van der Waals surface area contributed by atoms with E-state index in [1.54, 1.807) is 12.1 Å². The molecule has 22 heavy (non-hydrogen) atoms. The Morgan fingerprint density at radius 1 is 1.27 bits per heavy atom. The van der Waals surface area contributed by atoms with Crippen LogP contribution in [0.3, 0.4) is 0 Å². The summed E-state index contributed by atoms with van der Waals surface area (Å²) >= 11 is 0. The van der Waals surface area contributed by atoms with Crippen LogP contribution < -0.4 is 5.32 Å². The van der Waals surface area contributed by atoms with Gasteiger partial charge in [0.1, 0.15) is 5.82 Å². The van der Waals surface area contributed by atoms with E-state index in [2.05, 4.69) is 23.3 Å². The summed E-state index contributed by atoms with van der Waals surface area (Å²) in [5.74, 6) is 1.21. The van der Waals surface area contributed by atoms with E-state index in [0.717, 1.165) is 25.1 Å². The monoisotopic (exact) mass is 302 g/mol. The summed E-state index contributed by atoms with van der Waals surface area (Å²) in [6.45, 7) is 1.72. The lowest BCUT2D eigenvalue weighted by Crippen LogP contribution is -2.38. The van der Waals surface area contributed by atoms with Gasteiger partial charge in [0, 0.05) is 25.6 Å². The number of hydrogen-bond acceptors (Lipinski definition) is 2. The van der Waals surface area contributed by atoms with Crippen molar-refractivity contribution in [3.05, 3.63) is 41.7 Å². The van der Waals surface area contributed by atoms with Crippen molar-refractivity contribution < 1.29 is 9.18 Å². The van der Waals surface area contributed by atoms with Crippen LogP contribution >= 0.6 is 0 Å². The maximum Gasteiger partial charge on any atom is 0.220 e. The third-order valence-corrected chi connectivity index (χ3v) is 5.02. The highest BCUT2D eigenvalue weighted by Crippen LogP contribution is 2.38. The Hall–Kier alpha value is -1.68. The molecule has 1 N–H and O–H groups in total. The van der Waals surface area contributed by atoms with Crippen LogP contribution in [0.25, 0.3) is 6.08 Å². The normalized spacial score (nSPS) is 28.1. The van der Waals surface area contributed by atoms with Gasteiger partial charge >= 0.3 is 0 Å². The van der Waals surface area contributed by atoms with Gasteiger partial charge in [-0.2, -0.15) is 0 Å². The molecule has 1 amide bonds. The minimum absolute atomic E-state index is 0.203. The lowest BCUT2D eigenvalue weighted by atomic mass is 9.89. The summed E-state index contributed by atoms with van der Waals surface area (Å²) in [4.78, 5) is 13.8. The molecular formula is C18H23FN2O. The van der Waals surface area contributed by atoms with Crippen molar-refractivity contribution in [2.75, 3.05) is 20.1 Å². The van der Waals surface area contributed by atoms with Gasteiger partial charge in [-0.05, 0) is 49.4 Å². The Morgan fingerprint density at radius 3 is 2.77 bits per heavy atom. The zero-order valence-electron chi connectivity index (χ0n) is 13.0. The van der Waals surface area contributed by atoms with Gasteiger partial charge in [0.05, 0.1) is 0 Å². The summed E-state index contributed by atoms with van der Waals surface area (Å²) in [5.41, 5.74) is 1.02. The Labute approximate surface area is 131 Å². The molecule has 1 aromatic carbocycles. The molecule has 3 atom stereocenters. The van der Waals surface area contributed by atoms with Crippen molar-refractivity contribution in [3.8, 4) is 0 Å². The predicted molar refractivity (Wildman–Crippen MR) is 85.7 cm³/mol. The Kier molecular flexibility index (Phi) is 4.57. The molecule has 1 aliphatic carbocycles. The molecule has 118 valence electrons. The zero-order chi connectivity index (χ0) is 15.5. The zero-order valence-corrected chi connectivity index (χ0v) is 13.0. The first-order chi connectivity index (χ1) is 10.6. The molecule has 4 heteroatoms. The number of fused-ring (bicyclic) bond motifs is 1. The van der Waals surface area contributed by atoms with Crippen molar-refractivity contribution in [2.24, 2.45) is 11.8 Å². The molecule has 0 bridgehead atoms. The highest BCUT2D eigenvalue weighted by atomic mass is 19.1. The molecule has 2 fully saturated rings. The highest BCUT2D eigenvalue weighted by molar-refractivity contribution is 5.77. The summed E-state index contributed by atoms with van der Waals surface area (Å²) in [6.07, 6.45) is 7.15. The molecular weight excluding hydrogens is 279 g/mol. The topological polar surface area (TPSA) is 32.3 Å². The summed E-state index contributed by atoms with van der Waals surface area (Å²) in [6, 6.07) is 7.09. The summed E-state index contributed by atoms with van der Waals surface area (Å²) in [5, 5.41) is 2.98. The van der Waals surface area contributed by atoms with E-state index < -0.39 is 0 Å². The molecule has 1 aromatic rings. The van der Waals surface area contributed by atoms with Crippen molar-refractivity contribution in [3.63, 3.8) is 0 Å². The maximum absolute atomic E-state index is 12.9. The van der Waals surface area contributed by atoms with E-state index in [4.69, 9.17) is 0 Å². The second-order valence-electron chi connectivity index (χ2n) is 6.55. The lowest BCUT2D eigenvalue weighted by Gasteiger charge is -2.24. The Morgan fingerprint density at radius 2 is 2.00 bits per heavy atom. The van der Waals surface area contributed by atoms with E-state index in [1.165, 1.54) is 18.6 Å². The number of carbonyl (C=O) groups excluding carboxylic acids is 1. The van der Waals surface area contributed by atoms with Gasteiger partial charge in [-0.1, -0.05) is 24.3 Å². The molecule has 0 radical (unpaired) electrons. The first kappa shape index (κ1) is 15.2. The van der Waals surface area contributed by atoms with Gasteiger partial charge in [-0.25, -0.2) is 4.39 Å². The number of benzene rings is 1. The molecule has 1 saturated heterocycles. The van der Waals surface area contributed by atoms with Crippen LogP contribution in [-0.2, 0) is 4.79 Å². The minimum Gasteiger partial charge on any atom is -0.356 e. The first-order valence-corrected chi connectivity index (χ1v) is 8.01.